The Morgan fingerprint density at radius 1 is 1.53 bits per heavy atom. The molecule has 0 saturated heterocycles. The third-order valence-electron chi connectivity index (χ3n) is 2.09. The molecule has 0 spiro atoms. The zero-order valence-electron chi connectivity index (χ0n) is 9.70. The molecule has 0 aliphatic rings. The molecule has 7 heteroatoms. The van der Waals surface area contributed by atoms with Crippen LogP contribution in [0.5, 0.6) is 0 Å². The minimum absolute atomic E-state index is 0. The van der Waals surface area contributed by atoms with E-state index in [0.717, 1.165) is 13.1 Å². The van der Waals surface area contributed by atoms with Crippen molar-refractivity contribution >= 4 is 30.8 Å². The Balaban J connectivity index is 0. The van der Waals surface area contributed by atoms with Gasteiger partial charge in [-0.2, -0.15) is 0 Å². The third-order valence-corrected chi connectivity index (χ3v) is 2.09. The maximum absolute atomic E-state index is 10.2. The van der Waals surface area contributed by atoms with Crippen molar-refractivity contribution in [2.45, 2.75) is 19.9 Å². The number of carboxylic acid groups (broad SMARTS) is 1. The maximum atomic E-state index is 10.2. The molecular formula is C10H19Cl2N3O2. The SMILES string of the molecule is CC(CNCCC(=O)O)Cn1ccnc1.Cl.Cl. The van der Waals surface area contributed by atoms with Gasteiger partial charge in [-0.15, -0.1) is 24.8 Å². The summed E-state index contributed by atoms with van der Waals surface area (Å²) >= 11 is 0. The Bertz CT molecular complexity index is 294. The number of nitrogens with one attached hydrogen (secondary N) is 1. The Morgan fingerprint density at radius 2 is 2.24 bits per heavy atom. The van der Waals surface area contributed by atoms with E-state index in [4.69, 9.17) is 5.11 Å². The van der Waals surface area contributed by atoms with Crippen LogP contribution >= 0.6 is 24.8 Å². The van der Waals surface area contributed by atoms with Gasteiger partial charge in [0.15, 0.2) is 0 Å². The Labute approximate surface area is 113 Å². The average Bonchev–Trinajstić information content (AvgIpc) is 2.64. The fourth-order valence-corrected chi connectivity index (χ4v) is 1.36. The molecule has 0 fully saturated rings. The minimum Gasteiger partial charge on any atom is -0.481 e. The van der Waals surface area contributed by atoms with Crippen LogP contribution in [0.3, 0.4) is 0 Å². The fourth-order valence-electron chi connectivity index (χ4n) is 1.36. The smallest absolute Gasteiger partial charge is 0.304 e. The van der Waals surface area contributed by atoms with E-state index in [1.807, 2.05) is 10.8 Å². The Kier molecular flexibility index (Phi) is 11.3. The van der Waals surface area contributed by atoms with E-state index >= 15 is 0 Å². The first kappa shape index (κ1) is 18.6. The lowest BCUT2D eigenvalue weighted by atomic mass is 10.2. The van der Waals surface area contributed by atoms with Crippen LogP contribution in [0.1, 0.15) is 13.3 Å². The first-order valence-corrected chi connectivity index (χ1v) is 5.06. The van der Waals surface area contributed by atoms with Gasteiger partial charge >= 0.3 is 5.97 Å². The highest BCUT2D eigenvalue weighted by molar-refractivity contribution is 5.85. The number of carboxylic acids is 1. The Morgan fingerprint density at radius 3 is 2.76 bits per heavy atom. The second-order valence-corrected chi connectivity index (χ2v) is 3.71. The van der Waals surface area contributed by atoms with E-state index in [1.54, 1.807) is 12.5 Å². The topological polar surface area (TPSA) is 67.2 Å². The van der Waals surface area contributed by atoms with E-state index in [2.05, 4.69) is 17.2 Å². The summed E-state index contributed by atoms with van der Waals surface area (Å²) < 4.78 is 2.02. The molecule has 1 aromatic rings. The standard InChI is InChI=1S/C10H17N3O2.2ClH/c1-9(6-11-3-2-10(14)15)7-13-5-4-12-8-13;;/h4-5,8-9,11H,2-3,6-7H2,1H3,(H,14,15);2*1H. The molecule has 1 rings (SSSR count). The molecule has 5 nitrogen and oxygen atoms in total. The molecule has 0 bridgehead atoms. The number of hydrogen-bond donors (Lipinski definition) is 2. The first-order valence-electron chi connectivity index (χ1n) is 5.06. The van der Waals surface area contributed by atoms with Crippen LogP contribution < -0.4 is 5.32 Å². The molecule has 0 aromatic carbocycles. The van der Waals surface area contributed by atoms with Gasteiger partial charge in [-0.3, -0.25) is 4.79 Å². The van der Waals surface area contributed by atoms with Gasteiger partial charge in [0.1, 0.15) is 0 Å². The highest BCUT2D eigenvalue weighted by Gasteiger charge is 2.03. The second kappa shape index (κ2) is 10.4. The number of aromatic nitrogens is 2. The maximum Gasteiger partial charge on any atom is 0.304 e. The molecule has 1 atom stereocenters. The summed E-state index contributed by atoms with van der Waals surface area (Å²) in [6.07, 6.45) is 5.64. The van der Waals surface area contributed by atoms with E-state index in [-0.39, 0.29) is 31.2 Å². The van der Waals surface area contributed by atoms with Crippen LogP contribution in [0, 0.1) is 5.92 Å². The minimum atomic E-state index is -0.759. The van der Waals surface area contributed by atoms with Gasteiger partial charge in [-0.1, -0.05) is 6.92 Å². The summed E-state index contributed by atoms with van der Waals surface area (Å²) in [5.41, 5.74) is 0. The number of carbonyl (C=O) groups is 1. The van der Waals surface area contributed by atoms with Crippen LogP contribution in [0.2, 0.25) is 0 Å². The number of hydrogen-bond acceptors (Lipinski definition) is 3. The van der Waals surface area contributed by atoms with Crippen LogP contribution in [-0.4, -0.2) is 33.7 Å². The van der Waals surface area contributed by atoms with E-state index in [1.165, 1.54) is 0 Å². The third kappa shape index (κ3) is 8.97. The molecule has 100 valence electrons. The molecule has 1 unspecified atom stereocenters. The second-order valence-electron chi connectivity index (χ2n) is 3.71. The number of halogens is 2. The van der Waals surface area contributed by atoms with Crippen LogP contribution in [-0.2, 0) is 11.3 Å². The van der Waals surface area contributed by atoms with Crippen molar-refractivity contribution in [2.75, 3.05) is 13.1 Å². The van der Waals surface area contributed by atoms with E-state index < -0.39 is 5.97 Å². The van der Waals surface area contributed by atoms with Crippen molar-refractivity contribution in [3.05, 3.63) is 18.7 Å². The monoisotopic (exact) mass is 283 g/mol. The fraction of sp³-hybridized carbons (Fsp3) is 0.600. The van der Waals surface area contributed by atoms with Crippen molar-refractivity contribution in [2.24, 2.45) is 5.92 Å². The number of rotatable bonds is 7. The van der Waals surface area contributed by atoms with Crippen molar-refractivity contribution in [1.29, 1.82) is 0 Å². The summed E-state index contributed by atoms with van der Waals surface area (Å²) in [5, 5.41) is 11.5. The van der Waals surface area contributed by atoms with Crippen molar-refractivity contribution in [1.82, 2.24) is 14.9 Å². The van der Waals surface area contributed by atoms with Gasteiger partial charge in [0.05, 0.1) is 12.7 Å². The molecule has 1 aromatic heterocycles. The van der Waals surface area contributed by atoms with Crippen molar-refractivity contribution in [3.8, 4) is 0 Å². The number of aliphatic carboxylic acids is 1. The normalized spacial score (nSPS) is 11.1. The summed E-state index contributed by atoms with van der Waals surface area (Å²) in [4.78, 5) is 14.2. The van der Waals surface area contributed by atoms with Gasteiger partial charge in [0, 0.05) is 25.5 Å². The van der Waals surface area contributed by atoms with Crippen molar-refractivity contribution < 1.29 is 9.90 Å². The zero-order chi connectivity index (χ0) is 11.1. The summed E-state index contributed by atoms with van der Waals surface area (Å²) in [6, 6.07) is 0. The van der Waals surface area contributed by atoms with Crippen molar-refractivity contribution in [3.63, 3.8) is 0 Å². The summed E-state index contributed by atoms with van der Waals surface area (Å²) in [5.74, 6) is -0.294. The quantitative estimate of drug-likeness (QED) is 0.743. The Hall–Kier alpha value is -0.780. The predicted molar refractivity (Wildman–Crippen MR) is 71.0 cm³/mol. The molecule has 0 radical (unpaired) electrons. The molecule has 0 saturated carbocycles. The van der Waals surface area contributed by atoms with Gasteiger partial charge in [-0.25, -0.2) is 4.98 Å². The highest BCUT2D eigenvalue weighted by Crippen LogP contribution is 1.98. The largest absolute Gasteiger partial charge is 0.481 e. The first-order chi connectivity index (χ1) is 7.18. The van der Waals surface area contributed by atoms with Gasteiger partial charge < -0.3 is 15.0 Å². The molecular weight excluding hydrogens is 265 g/mol. The molecule has 0 aliphatic carbocycles. The van der Waals surface area contributed by atoms with Gasteiger partial charge in [-0.05, 0) is 12.5 Å². The molecule has 0 amide bonds. The molecule has 0 aliphatic heterocycles. The van der Waals surface area contributed by atoms with Crippen LogP contribution in [0.4, 0.5) is 0 Å². The highest BCUT2D eigenvalue weighted by atomic mass is 35.5. The zero-order valence-corrected chi connectivity index (χ0v) is 11.3. The van der Waals surface area contributed by atoms with Crippen LogP contribution in [0.15, 0.2) is 18.7 Å². The number of imidazole rings is 1. The van der Waals surface area contributed by atoms with Crippen LogP contribution in [0.25, 0.3) is 0 Å². The van der Waals surface area contributed by atoms with E-state index in [9.17, 15) is 4.79 Å². The van der Waals surface area contributed by atoms with Gasteiger partial charge in [0.2, 0.25) is 0 Å². The summed E-state index contributed by atoms with van der Waals surface area (Å²) in [6.45, 7) is 4.38. The molecule has 2 N–H and O–H groups in total. The molecule has 17 heavy (non-hydrogen) atoms. The lowest BCUT2D eigenvalue weighted by molar-refractivity contribution is -0.136. The van der Waals surface area contributed by atoms with Gasteiger partial charge in [0.25, 0.3) is 0 Å². The summed E-state index contributed by atoms with van der Waals surface area (Å²) in [7, 11) is 0. The lowest BCUT2D eigenvalue weighted by Crippen LogP contribution is -2.26. The lowest BCUT2D eigenvalue weighted by Gasteiger charge is -2.12. The average molecular weight is 284 g/mol. The molecule has 1 heterocycles. The predicted octanol–water partition coefficient (Wildman–Crippen LogP) is 1.43. The van der Waals surface area contributed by atoms with E-state index in [0.29, 0.717) is 12.5 Å². The number of nitrogens with zero attached hydrogens (tertiary/aromatic N) is 2.